The van der Waals surface area contributed by atoms with E-state index in [-0.39, 0.29) is 16.5 Å². The lowest BCUT2D eigenvalue weighted by Gasteiger charge is -2.08. The maximum absolute atomic E-state index is 11.9. The van der Waals surface area contributed by atoms with E-state index in [4.69, 9.17) is 5.73 Å². The van der Waals surface area contributed by atoms with Gasteiger partial charge in [-0.2, -0.15) is 4.37 Å². The molecule has 0 aromatic carbocycles. The van der Waals surface area contributed by atoms with Crippen LogP contribution >= 0.6 is 11.5 Å². The number of aromatic nitrogens is 1. The minimum Gasteiger partial charge on any atom is -0.382 e. The number of nitrogen functional groups attached to an aromatic ring is 1. The molecule has 1 saturated carbocycles. The van der Waals surface area contributed by atoms with E-state index < -0.39 is 9.84 Å². The molecule has 1 aliphatic carbocycles. The average Bonchev–Trinajstić information content (AvgIpc) is 2.71. The third kappa shape index (κ3) is 2.47. The van der Waals surface area contributed by atoms with Crippen LogP contribution in [-0.2, 0) is 9.84 Å². The predicted octanol–water partition coefficient (Wildman–Crippen LogP) is 1.98. The maximum Gasteiger partial charge on any atom is 0.184 e. The van der Waals surface area contributed by atoms with Gasteiger partial charge in [0.05, 0.1) is 5.75 Å². The van der Waals surface area contributed by atoms with Gasteiger partial charge in [0.2, 0.25) is 0 Å². The van der Waals surface area contributed by atoms with Gasteiger partial charge < -0.3 is 11.1 Å². The number of hydrogen-bond acceptors (Lipinski definition) is 6. The molecule has 0 bridgehead atoms. The first-order chi connectivity index (χ1) is 8.28. The Hall–Kier alpha value is -0.820. The monoisotopic (exact) mass is 289 g/mol. The van der Waals surface area contributed by atoms with Gasteiger partial charge in [-0.3, -0.25) is 0 Å². The first-order valence-corrected chi connectivity index (χ1v) is 8.42. The zero-order valence-corrected chi connectivity index (χ0v) is 12.5. The van der Waals surface area contributed by atoms with Crippen molar-refractivity contribution in [2.24, 2.45) is 11.3 Å². The minimum absolute atomic E-state index is 0.0409. The summed E-state index contributed by atoms with van der Waals surface area (Å²) < 4.78 is 27.8. The van der Waals surface area contributed by atoms with Gasteiger partial charge in [-0.15, -0.1) is 0 Å². The molecule has 0 radical (unpaired) electrons. The first kappa shape index (κ1) is 13.6. The third-order valence-electron chi connectivity index (χ3n) is 3.59. The fourth-order valence-electron chi connectivity index (χ4n) is 1.99. The van der Waals surface area contributed by atoms with E-state index in [0.717, 1.165) is 18.1 Å². The zero-order valence-electron chi connectivity index (χ0n) is 10.9. The second-order valence-corrected chi connectivity index (χ2v) is 8.39. The second-order valence-electron chi connectivity index (χ2n) is 5.40. The van der Waals surface area contributed by atoms with Crippen LogP contribution < -0.4 is 11.1 Å². The predicted molar refractivity (Wildman–Crippen MR) is 74.6 cm³/mol. The highest BCUT2D eigenvalue weighted by atomic mass is 32.2. The maximum atomic E-state index is 11.9. The van der Waals surface area contributed by atoms with Gasteiger partial charge in [0, 0.05) is 6.54 Å². The molecule has 1 atom stereocenters. The van der Waals surface area contributed by atoms with Crippen molar-refractivity contribution in [1.82, 2.24) is 4.37 Å². The summed E-state index contributed by atoms with van der Waals surface area (Å²) >= 11 is 1.12. The molecule has 1 aliphatic rings. The summed E-state index contributed by atoms with van der Waals surface area (Å²) in [5.74, 6) is 0.747. The summed E-state index contributed by atoms with van der Waals surface area (Å²) in [5.41, 5.74) is 6.03. The lowest BCUT2D eigenvalue weighted by atomic mass is 10.1. The smallest absolute Gasteiger partial charge is 0.184 e. The lowest BCUT2D eigenvalue weighted by Crippen LogP contribution is -2.11. The van der Waals surface area contributed by atoms with Gasteiger partial charge in [-0.05, 0) is 29.3 Å². The van der Waals surface area contributed by atoms with E-state index >= 15 is 0 Å². The van der Waals surface area contributed by atoms with Gasteiger partial charge in [0.15, 0.2) is 15.7 Å². The van der Waals surface area contributed by atoms with Crippen LogP contribution in [0.5, 0.6) is 0 Å². The van der Waals surface area contributed by atoms with Crippen molar-refractivity contribution >= 4 is 32.2 Å². The highest BCUT2D eigenvalue weighted by Gasteiger charge is 2.45. The fourth-order valence-corrected chi connectivity index (χ4v) is 4.17. The molecule has 0 spiro atoms. The number of nitrogens with two attached hydrogens (primary N) is 1. The van der Waals surface area contributed by atoms with Crippen LogP contribution in [0, 0.1) is 11.3 Å². The van der Waals surface area contributed by atoms with E-state index in [1.165, 1.54) is 6.42 Å². The fraction of sp³-hybridized carbons (Fsp3) is 0.727. The quantitative estimate of drug-likeness (QED) is 0.865. The number of anilines is 2. The van der Waals surface area contributed by atoms with Crippen LogP contribution in [0.25, 0.3) is 0 Å². The van der Waals surface area contributed by atoms with Crippen LogP contribution in [0.2, 0.25) is 0 Å². The molecular weight excluding hydrogens is 270 g/mol. The van der Waals surface area contributed by atoms with Crippen molar-refractivity contribution in [2.75, 3.05) is 23.3 Å². The van der Waals surface area contributed by atoms with Crippen LogP contribution in [0.4, 0.5) is 10.8 Å². The van der Waals surface area contributed by atoms with Gasteiger partial charge in [0.1, 0.15) is 9.90 Å². The molecule has 7 heteroatoms. The summed E-state index contributed by atoms with van der Waals surface area (Å²) in [6, 6.07) is 0. The Morgan fingerprint density at radius 1 is 1.56 bits per heavy atom. The molecule has 3 N–H and O–H groups in total. The SMILES string of the molecule is CCS(=O)(=O)c1c(N)nsc1NCC1CC1(C)C. The molecular formula is C11H19N3O2S2. The first-order valence-electron chi connectivity index (χ1n) is 5.99. The molecule has 2 rings (SSSR count). The van der Waals surface area contributed by atoms with Crippen molar-refractivity contribution in [3.05, 3.63) is 0 Å². The van der Waals surface area contributed by atoms with E-state index in [0.29, 0.717) is 16.3 Å². The molecule has 102 valence electrons. The highest BCUT2D eigenvalue weighted by molar-refractivity contribution is 7.91. The molecule has 18 heavy (non-hydrogen) atoms. The summed E-state index contributed by atoms with van der Waals surface area (Å²) in [6.07, 6.45) is 1.17. The topological polar surface area (TPSA) is 85.1 Å². The van der Waals surface area contributed by atoms with Crippen molar-refractivity contribution < 1.29 is 8.42 Å². The van der Waals surface area contributed by atoms with Crippen molar-refractivity contribution in [2.45, 2.75) is 32.1 Å². The lowest BCUT2D eigenvalue weighted by molar-refractivity contribution is 0.573. The van der Waals surface area contributed by atoms with Crippen LogP contribution in [0.15, 0.2) is 4.90 Å². The van der Waals surface area contributed by atoms with Gasteiger partial charge in [0.25, 0.3) is 0 Å². The number of nitrogens with zero attached hydrogens (tertiary/aromatic N) is 1. The van der Waals surface area contributed by atoms with E-state index in [9.17, 15) is 8.42 Å². The van der Waals surface area contributed by atoms with Crippen molar-refractivity contribution in [3.63, 3.8) is 0 Å². The Morgan fingerprint density at radius 3 is 2.67 bits per heavy atom. The van der Waals surface area contributed by atoms with Gasteiger partial charge in [-0.25, -0.2) is 8.42 Å². The number of hydrogen-bond donors (Lipinski definition) is 2. The molecule has 0 aliphatic heterocycles. The highest BCUT2D eigenvalue weighted by Crippen LogP contribution is 2.51. The Morgan fingerprint density at radius 2 is 2.17 bits per heavy atom. The molecule has 1 aromatic rings. The molecule has 1 heterocycles. The molecule has 5 nitrogen and oxygen atoms in total. The third-order valence-corrected chi connectivity index (χ3v) is 6.34. The molecule has 1 aromatic heterocycles. The Kier molecular flexibility index (Phi) is 3.31. The number of nitrogens with one attached hydrogen (secondary N) is 1. The number of sulfone groups is 1. The van der Waals surface area contributed by atoms with Gasteiger partial charge in [-0.1, -0.05) is 20.8 Å². The molecule has 0 saturated heterocycles. The van der Waals surface area contributed by atoms with Crippen molar-refractivity contribution in [1.29, 1.82) is 0 Å². The second kappa shape index (κ2) is 4.38. The standard InChI is InChI=1S/C11H19N3O2S2/c1-4-18(15,16)8-9(12)14-17-10(8)13-6-7-5-11(7,2)3/h7,13H,4-6H2,1-3H3,(H2,12,14). The Bertz CT molecular complexity index is 549. The molecule has 1 fully saturated rings. The largest absolute Gasteiger partial charge is 0.382 e. The Labute approximate surface area is 112 Å². The van der Waals surface area contributed by atoms with Crippen LogP contribution in [0.3, 0.4) is 0 Å². The van der Waals surface area contributed by atoms with Gasteiger partial charge >= 0.3 is 0 Å². The number of rotatable bonds is 5. The van der Waals surface area contributed by atoms with E-state index in [2.05, 4.69) is 23.5 Å². The zero-order chi connectivity index (χ0) is 13.6. The summed E-state index contributed by atoms with van der Waals surface area (Å²) in [4.78, 5) is 0.174. The minimum atomic E-state index is -3.31. The Balaban J connectivity index is 2.15. The van der Waals surface area contributed by atoms with Crippen LogP contribution in [0.1, 0.15) is 27.2 Å². The van der Waals surface area contributed by atoms with E-state index in [1.807, 2.05) is 0 Å². The average molecular weight is 289 g/mol. The van der Waals surface area contributed by atoms with Crippen molar-refractivity contribution in [3.8, 4) is 0 Å². The summed E-state index contributed by atoms with van der Waals surface area (Å²) in [6.45, 7) is 6.81. The van der Waals surface area contributed by atoms with Crippen LogP contribution in [-0.4, -0.2) is 25.1 Å². The molecule has 1 unspecified atom stereocenters. The summed E-state index contributed by atoms with van der Waals surface area (Å²) in [5, 5.41) is 3.77. The van der Waals surface area contributed by atoms with E-state index in [1.54, 1.807) is 6.92 Å². The normalized spacial score (nSPS) is 21.8. The summed E-state index contributed by atoms with van der Waals surface area (Å²) in [7, 11) is -3.31. The molecule has 0 amide bonds.